The fourth-order valence-corrected chi connectivity index (χ4v) is 3.47. The molecule has 6 nitrogen and oxygen atoms in total. The number of hydrogen-bond acceptors (Lipinski definition) is 5. The van der Waals surface area contributed by atoms with Gasteiger partial charge >= 0.3 is 0 Å². The van der Waals surface area contributed by atoms with Gasteiger partial charge in [-0.1, -0.05) is 25.9 Å². The predicted molar refractivity (Wildman–Crippen MR) is 93.1 cm³/mol. The van der Waals surface area contributed by atoms with E-state index in [2.05, 4.69) is 49.7 Å². The highest BCUT2D eigenvalue weighted by molar-refractivity contribution is 5.97. The Morgan fingerprint density at radius 1 is 1.33 bits per heavy atom. The highest BCUT2D eigenvalue weighted by Crippen LogP contribution is 2.25. The van der Waals surface area contributed by atoms with Crippen molar-refractivity contribution in [3.05, 3.63) is 23.5 Å². The average molecular weight is 330 g/mol. The van der Waals surface area contributed by atoms with Crippen LogP contribution in [0.5, 0.6) is 0 Å². The lowest BCUT2D eigenvalue weighted by atomic mass is 10.0. The van der Waals surface area contributed by atoms with E-state index in [-0.39, 0.29) is 17.9 Å². The van der Waals surface area contributed by atoms with Crippen LogP contribution < -0.4 is 0 Å². The summed E-state index contributed by atoms with van der Waals surface area (Å²) in [5.74, 6) is 0.265. The molecule has 0 bridgehead atoms. The second kappa shape index (κ2) is 6.51. The van der Waals surface area contributed by atoms with Crippen molar-refractivity contribution < 1.29 is 9.32 Å². The number of amides is 1. The Labute approximate surface area is 142 Å². The second-order valence-electron chi connectivity index (χ2n) is 7.04. The van der Waals surface area contributed by atoms with E-state index in [1.54, 1.807) is 6.20 Å². The Balaban J connectivity index is 1.89. The van der Waals surface area contributed by atoms with Crippen molar-refractivity contribution in [2.24, 2.45) is 0 Å². The minimum absolute atomic E-state index is 0.0374. The quantitative estimate of drug-likeness (QED) is 0.866. The van der Waals surface area contributed by atoms with Crippen molar-refractivity contribution >= 4 is 17.0 Å². The monoisotopic (exact) mass is 330 g/mol. The van der Waals surface area contributed by atoms with Crippen molar-refractivity contribution in [2.75, 3.05) is 19.6 Å². The van der Waals surface area contributed by atoms with Gasteiger partial charge in [-0.05, 0) is 32.4 Å². The number of hydrogen-bond donors (Lipinski definition) is 0. The summed E-state index contributed by atoms with van der Waals surface area (Å²) in [5, 5.41) is 4.92. The van der Waals surface area contributed by atoms with E-state index < -0.39 is 0 Å². The van der Waals surface area contributed by atoms with Crippen LogP contribution in [0, 0.1) is 0 Å². The molecular formula is C18H26N4O2. The van der Waals surface area contributed by atoms with Crippen molar-refractivity contribution in [1.82, 2.24) is 19.9 Å². The zero-order valence-electron chi connectivity index (χ0n) is 15.1. The van der Waals surface area contributed by atoms with Crippen molar-refractivity contribution in [3.8, 4) is 0 Å². The molecule has 0 aromatic carbocycles. The molecule has 1 fully saturated rings. The fourth-order valence-electron chi connectivity index (χ4n) is 3.47. The second-order valence-corrected chi connectivity index (χ2v) is 7.04. The molecule has 2 unspecified atom stereocenters. The van der Waals surface area contributed by atoms with Crippen molar-refractivity contribution in [3.63, 3.8) is 0 Å². The molecule has 3 rings (SSSR count). The summed E-state index contributed by atoms with van der Waals surface area (Å²) < 4.78 is 5.26. The van der Waals surface area contributed by atoms with E-state index in [1.165, 1.54) is 0 Å². The SMILES string of the molecule is CCN1CC(C)N(C(=O)c2cnc3onc(C(C)C)c3c2)CC1C. The number of pyridine rings is 1. The molecule has 0 radical (unpaired) electrons. The molecule has 2 aromatic heterocycles. The third-order valence-corrected chi connectivity index (χ3v) is 4.93. The van der Waals surface area contributed by atoms with Crippen LogP contribution in [0.15, 0.2) is 16.8 Å². The lowest BCUT2D eigenvalue weighted by molar-refractivity contribution is 0.0335. The summed E-state index contributed by atoms with van der Waals surface area (Å²) in [6, 6.07) is 2.44. The Morgan fingerprint density at radius 3 is 2.75 bits per heavy atom. The fraction of sp³-hybridized carbons (Fsp3) is 0.611. The summed E-state index contributed by atoms with van der Waals surface area (Å²) in [7, 11) is 0. The van der Waals surface area contributed by atoms with Crippen LogP contribution in [0.4, 0.5) is 0 Å². The summed E-state index contributed by atoms with van der Waals surface area (Å²) in [5.41, 5.74) is 1.95. The van der Waals surface area contributed by atoms with Gasteiger partial charge in [-0.3, -0.25) is 9.69 Å². The van der Waals surface area contributed by atoms with Crippen LogP contribution in [-0.4, -0.2) is 57.6 Å². The zero-order valence-corrected chi connectivity index (χ0v) is 15.1. The van der Waals surface area contributed by atoms with Gasteiger partial charge in [0.25, 0.3) is 11.6 Å². The van der Waals surface area contributed by atoms with Gasteiger partial charge in [0.2, 0.25) is 0 Å². The standard InChI is InChI=1S/C18H26N4O2/c1-6-21-9-13(5)22(10-12(21)4)18(23)14-7-15-16(11(2)3)20-24-17(15)19-8-14/h7-8,11-13H,6,9-10H2,1-5H3. The maximum absolute atomic E-state index is 13.0. The average Bonchev–Trinajstić information content (AvgIpc) is 2.99. The molecule has 0 spiro atoms. The highest BCUT2D eigenvalue weighted by atomic mass is 16.5. The van der Waals surface area contributed by atoms with E-state index in [0.717, 1.165) is 30.7 Å². The third-order valence-electron chi connectivity index (χ3n) is 4.93. The summed E-state index contributed by atoms with van der Waals surface area (Å²) >= 11 is 0. The maximum Gasteiger partial charge on any atom is 0.257 e. The Bertz CT molecular complexity index is 740. The smallest absolute Gasteiger partial charge is 0.257 e. The molecule has 1 aliphatic rings. The molecule has 6 heteroatoms. The van der Waals surface area contributed by atoms with Gasteiger partial charge < -0.3 is 9.42 Å². The van der Waals surface area contributed by atoms with Gasteiger partial charge in [-0.15, -0.1) is 0 Å². The lowest BCUT2D eigenvalue weighted by Crippen LogP contribution is -2.57. The molecule has 0 aliphatic carbocycles. The molecule has 2 atom stereocenters. The summed E-state index contributed by atoms with van der Waals surface area (Å²) in [6.07, 6.45) is 1.60. The molecule has 0 N–H and O–H groups in total. The first kappa shape index (κ1) is 16.9. The highest BCUT2D eigenvalue weighted by Gasteiger charge is 2.32. The topological polar surface area (TPSA) is 62.5 Å². The van der Waals surface area contributed by atoms with Gasteiger partial charge in [-0.2, -0.15) is 0 Å². The molecule has 2 aromatic rings. The molecule has 3 heterocycles. The number of piperazine rings is 1. The number of aromatic nitrogens is 2. The molecule has 24 heavy (non-hydrogen) atoms. The van der Waals surface area contributed by atoms with E-state index in [0.29, 0.717) is 17.3 Å². The van der Waals surface area contributed by atoms with Gasteiger partial charge in [0.05, 0.1) is 16.6 Å². The van der Waals surface area contributed by atoms with Crippen LogP contribution in [0.2, 0.25) is 0 Å². The summed E-state index contributed by atoms with van der Waals surface area (Å²) in [4.78, 5) is 21.7. The van der Waals surface area contributed by atoms with Gasteiger partial charge in [-0.25, -0.2) is 4.98 Å². The number of fused-ring (bicyclic) bond motifs is 1. The third kappa shape index (κ3) is 2.90. The first-order valence-corrected chi connectivity index (χ1v) is 8.72. The van der Waals surface area contributed by atoms with Crippen LogP contribution >= 0.6 is 0 Å². The van der Waals surface area contributed by atoms with Crippen molar-refractivity contribution in [2.45, 2.75) is 52.6 Å². The van der Waals surface area contributed by atoms with E-state index in [9.17, 15) is 4.79 Å². The molecule has 1 saturated heterocycles. The number of carbonyl (C=O) groups excluding carboxylic acids is 1. The Hall–Kier alpha value is -1.95. The first-order chi connectivity index (χ1) is 11.4. The normalized spacial score (nSPS) is 22.5. The molecule has 130 valence electrons. The minimum atomic E-state index is 0.0374. The van der Waals surface area contributed by atoms with Gasteiger partial charge in [0.15, 0.2) is 0 Å². The van der Waals surface area contributed by atoms with Crippen LogP contribution in [-0.2, 0) is 0 Å². The summed E-state index contributed by atoms with van der Waals surface area (Å²) in [6.45, 7) is 13.2. The molecule has 1 aliphatic heterocycles. The molecule has 1 amide bonds. The Morgan fingerprint density at radius 2 is 2.08 bits per heavy atom. The first-order valence-electron chi connectivity index (χ1n) is 8.72. The minimum Gasteiger partial charge on any atom is -0.336 e. The van der Waals surface area contributed by atoms with E-state index in [1.807, 2.05) is 11.0 Å². The number of rotatable bonds is 3. The van der Waals surface area contributed by atoms with E-state index in [4.69, 9.17) is 4.52 Å². The van der Waals surface area contributed by atoms with Crippen LogP contribution in [0.1, 0.15) is 56.6 Å². The van der Waals surface area contributed by atoms with E-state index >= 15 is 0 Å². The molecule has 0 saturated carbocycles. The van der Waals surface area contributed by atoms with Crippen LogP contribution in [0.25, 0.3) is 11.1 Å². The number of nitrogens with zero attached hydrogens (tertiary/aromatic N) is 4. The largest absolute Gasteiger partial charge is 0.336 e. The van der Waals surface area contributed by atoms with Crippen LogP contribution in [0.3, 0.4) is 0 Å². The maximum atomic E-state index is 13.0. The Kier molecular flexibility index (Phi) is 4.58. The number of likely N-dealkylation sites (N-methyl/N-ethyl adjacent to an activating group) is 1. The lowest BCUT2D eigenvalue weighted by Gasteiger charge is -2.43. The van der Waals surface area contributed by atoms with Gasteiger partial charge in [0, 0.05) is 31.4 Å². The zero-order chi connectivity index (χ0) is 17.4. The number of carbonyl (C=O) groups is 1. The predicted octanol–water partition coefficient (Wildman–Crippen LogP) is 2.90. The molecular weight excluding hydrogens is 304 g/mol. The van der Waals surface area contributed by atoms with Crippen molar-refractivity contribution in [1.29, 1.82) is 0 Å². The van der Waals surface area contributed by atoms with Gasteiger partial charge in [0.1, 0.15) is 0 Å².